The summed E-state index contributed by atoms with van der Waals surface area (Å²) in [4.78, 5) is 11.8. The molecule has 0 saturated carbocycles. The van der Waals surface area contributed by atoms with Crippen molar-refractivity contribution in [3.8, 4) is 17.0 Å². The molecular weight excluding hydrogens is 432 g/mol. The molecule has 2 aromatic heterocycles. The number of nitrogens with zero attached hydrogens (tertiary/aromatic N) is 3. The molecular formula is C28H33F2N3O. The van der Waals surface area contributed by atoms with E-state index < -0.39 is 11.6 Å². The predicted molar refractivity (Wildman–Crippen MR) is 132 cm³/mol. The Kier molecular flexibility index (Phi) is 7.15. The van der Waals surface area contributed by atoms with E-state index >= 15 is 0 Å². The van der Waals surface area contributed by atoms with Crippen molar-refractivity contribution in [3.63, 3.8) is 0 Å². The molecule has 6 heteroatoms. The number of ether oxygens (including phenoxy) is 1. The van der Waals surface area contributed by atoms with Gasteiger partial charge in [-0.15, -0.1) is 0 Å². The highest BCUT2D eigenvalue weighted by molar-refractivity contribution is 5.79. The van der Waals surface area contributed by atoms with Gasteiger partial charge in [-0.25, -0.2) is 8.78 Å². The van der Waals surface area contributed by atoms with Crippen molar-refractivity contribution in [3.05, 3.63) is 71.2 Å². The van der Waals surface area contributed by atoms with E-state index in [0.717, 1.165) is 55.4 Å². The highest BCUT2D eigenvalue weighted by Gasteiger charge is 2.28. The van der Waals surface area contributed by atoms with Crippen LogP contribution in [-0.2, 0) is 12.8 Å². The van der Waals surface area contributed by atoms with Crippen molar-refractivity contribution in [2.45, 2.75) is 53.4 Å². The minimum atomic E-state index is -0.577. The number of pyridine rings is 2. The maximum atomic E-state index is 13.4. The number of anilines is 1. The van der Waals surface area contributed by atoms with Gasteiger partial charge in [-0.1, -0.05) is 20.8 Å². The molecule has 0 unspecified atom stereocenters. The van der Waals surface area contributed by atoms with Gasteiger partial charge < -0.3 is 9.64 Å². The van der Waals surface area contributed by atoms with Gasteiger partial charge in [0.2, 0.25) is 0 Å². The lowest BCUT2D eigenvalue weighted by Gasteiger charge is -2.40. The van der Waals surface area contributed by atoms with Gasteiger partial charge in [0.15, 0.2) is 0 Å². The molecule has 1 aromatic carbocycles. The van der Waals surface area contributed by atoms with Gasteiger partial charge in [0.25, 0.3) is 0 Å². The van der Waals surface area contributed by atoms with E-state index in [0.29, 0.717) is 29.8 Å². The lowest BCUT2D eigenvalue weighted by Crippen LogP contribution is -2.38. The van der Waals surface area contributed by atoms with Crippen molar-refractivity contribution < 1.29 is 13.5 Å². The van der Waals surface area contributed by atoms with E-state index in [4.69, 9.17) is 4.74 Å². The zero-order valence-electron chi connectivity index (χ0n) is 20.5. The van der Waals surface area contributed by atoms with Crippen LogP contribution in [0.3, 0.4) is 0 Å². The Labute approximate surface area is 201 Å². The number of aryl methyl sites for hydroxylation is 1. The maximum Gasteiger partial charge on any atom is 0.137 e. The van der Waals surface area contributed by atoms with Gasteiger partial charge in [-0.2, -0.15) is 0 Å². The summed E-state index contributed by atoms with van der Waals surface area (Å²) in [5.41, 5.74) is 6.45. The lowest BCUT2D eigenvalue weighted by molar-refractivity contribution is 0.279. The molecule has 4 rings (SSSR count). The number of hydrogen-bond acceptors (Lipinski definition) is 4. The zero-order chi connectivity index (χ0) is 24.3. The Bertz CT molecular complexity index is 1110. The van der Waals surface area contributed by atoms with Gasteiger partial charge in [0.1, 0.15) is 17.4 Å². The van der Waals surface area contributed by atoms with Crippen LogP contribution in [0.4, 0.5) is 14.5 Å². The first kappa shape index (κ1) is 24.1. The SMILES string of the molecule is CCc1c(C)ncc(-c2ccc(OCCc3cc(F)cc(F)c3)cn2)c1N1CCC(C)(C)CC1. The van der Waals surface area contributed by atoms with Crippen LogP contribution in [0.5, 0.6) is 5.75 Å². The second-order valence-electron chi connectivity index (χ2n) is 9.84. The first-order valence-corrected chi connectivity index (χ1v) is 12.0. The van der Waals surface area contributed by atoms with Crippen molar-refractivity contribution >= 4 is 5.69 Å². The Balaban J connectivity index is 1.51. The standard InChI is InChI=1S/C28H33F2N3O/c1-5-24-19(2)31-18-25(27(24)33-11-9-28(3,4)10-12-33)26-7-6-23(17-32-26)34-13-8-20-14-21(29)16-22(30)15-20/h6-7,14-18H,5,8-13H2,1-4H3. The average Bonchev–Trinajstić information content (AvgIpc) is 2.79. The Morgan fingerprint density at radius 3 is 2.32 bits per heavy atom. The molecule has 0 N–H and O–H groups in total. The third kappa shape index (κ3) is 5.54. The minimum absolute atomic E-state index is 0.310. The molecule has 0 bridgehead atoms. The number of halogens is 2. The number of hydrogen-bond donors (Lipinski definition) is 0. The Hall–Kier alpha value is -3.02. The van der Waals surface area contributed by atoms with Gasteiger partial charge >= 0.3 is 0 Å². The molecule has 0 aliphatic carbocycles. The fraction of sp³-hybridized carbons (Fsp3) is 0.429. The van der Waals surface area contributed by atoms with Crippen LogP contribution in [0.15, 0.2) is 42.7 Å². The molecule has 34 heavy (non-hydrogen) atoms. The first-order chi connectivity index (χ1) is 16.3. The monoisotopic (exact) mass is 465 g/mol. The molecule has 1 fully saturated rings. The van der Waals surface area contributed by atoms with Crippen molar-refractivity contribution in [1.29, 1.82) is 0 Å². The molecule has 0 amide bonds. The second-order valence-corrected chi connectivity index (χ2v) is 9.84. The summed E-state index contributed by atoms with van der Waals surface area (Å²) >= 11 is 0. The fourth-order valence-corrected chi connectivity index (χ4v) is 4.61. The first-order valence-electron chi connectivity index (χ1n) is 12.0. The van der Waals surface area contributed by atoms with E-state index in [2.05, 4.69) is 42.6 Å². The highest BCUT2D eigenvalue weighted by Crippen LogP contribution is 2.39. The van der Waals surface area contributed by atoms with Crippen LogP contribution in [-0.4, -0.2) is 29.7 Å². The molecule has 1 aliphatic heterocycles. The van der Waals surface area contributed by atoms with Crippen molar-refractivity contribution in [2.24, 2.45) is 5.41 Å². The van der Waals surface area contributed by atoms with Gasteiger partial charge in [-0.05, 0) is 67.0 Å². The van der Waals surface area contributed by atoms with E-state index in [9.17, 15) is 8.78 Å². The summed E-state index contributed by atoms with van der Waals surface area (Å²) in [7, 11) is 0. The van der Waals surface area contributed by atoms with E-state index in [1.165, 1.54) is 23.4 Å². The maximum absolute atomic E-state index is 13.4. The predicted octanol–water partition coefficient (Wildman–Crippen LogP) is 6.54. The summed E-state index contributed by atoms with van der Waals surface area (Å²) in [5.74, 6) is -0.530. The van der Waals surface area contributed by atoms with Crippen LogP contribution in [0.25, 0.3) is 11.3 Å². The Morgan fingerprint density at radius 1 is 1.00 bits per heavy atom. The van der Waals surface area contributed by atoms with Crippen LogP contribution < -0.4 is 9.64 Å². The van der Waals surface area contributed by atoms with Crippen LogP contribution in [0.1, 0.15) is 50.4 Å². The van der Waals surface area contributed by atoms with Gasteiger partial charge in [0.05, 0.1) is 24.2 Å². The number of benzene rings is 1. The smallest absolute Gasteiger partial charge is 0.137 e. The fourth-order valence-electron chi connectivity index (χ4n) is 4.61. The molecule has 0 atom stereocenters. The third-order valence-corrected chi connectivity index (χ3v) is 6.75. The topological polar surface area (TPSA) is 38.3 Å². The largest absolute Gasteiger partial charge is 0.492 e. The molecule has 3 heterocycles. The average molecular weight is 466 g/mol. The normalized spacial score (nSPS) is 15.4. The molecule has 4 nitrogen and oxygen atoms in total. The number of piperidine rings is 1. The van der Waals surface area contributed by atoms with Crippen LogP contribution >= 0.6 is 0 Å². The van der Waals surface area contributed by atoms with Gasteiger partial charge in [0, 0.05) is 43.0 Å². The van der Waals surface area contributed by atoms with Crippen LogP contribution in [0, 0.1) is 24.0 Å². The Morgan fingerprint density at radius 2 is 1.71 bits per heavy atom. The van der Waals surface area contributed by atoms with Crippen molar-refractivity contribution in [2.75, 3.05) is 24.6 Å². The van der Waals surface area contributed by atoms with Crippen molar-refractivity contribution in [1.82, 2.24) is 9.97 Å². The molecule has 0 radical (unpaired) electrons. The summed E-state index contributed by atoms with van der Waals surface area (Å²) in [6.07, 6.45) is 7.29. The third-order valence-electron chi connectivity index (χ3n) is 6.75. The molecule has 0 spiro atoms. The minimum Gasteiger partial charge on any atom is -0.492 e. The highest BCUT2D eigenvalue weighted by atomic mass is 19.1. The molecule has 180 valence electrons. The van der Waals surface area contributed by atoms with E-state index in [-0.39, 0.29) is 0 Å². The molecule has 1 saturated heterocycles. The number of rotatable bonds is 7. The number of aromatic nitrogens is 2. The van der Waals surface area contributed by atoms with Gasteiger partial charge in [-0.3, -0.25) is 9.97 Å². The molecule has 3 aromatic rings. The summed E-state index contributed by atoms with van der Waals surface area (Å²) in [6, 6.07) is 7.37. The summed E-state index contributed by atoms with van der Waals surface area (Å²) in [6.45, 7) is 11.3. The molecule has 1 aliphatic rings. The zero-order valence-corrected chi connectivity index (χ0v) is 20.5. The van der Waals surface area contributed by atoms with E-state index in [1.54, 1.807) is 6.20 Å². The van der Waals surface area contributed by atoms with Crippen LogP contribution in [0.2, 0.25) is 0 Å². The quantitative estimate of drug-likeness (QED) is 0.397. The lowest BCUT2D eigenvalue weighted by atomic mass is 9.82. The summed E-state index contributed by atoms with van der Waals surface area (Å²) in [5, 5.41) is 0. The summed E-state index contributed by atoms with van der Waals surface area (Å²) < 4.78 is 32.5. The second kappa shape index (κ2) is 10.1. The van der Waals surface area contributed by atoms with E-state index in [1.807, 2.05) is 18.3 Å².